The minimum absolute atomic E-state index is 0.350. The van der Waals surface area contributed by atoms with Crippen LogP contribution in [0.15, 0.2) is 36.4 Å². The maximum atomic E-state index is 11.7. The maximum Gasteiger partial charge on any atom is 0.339 e. The molecular weight excluding hydrogens is 308 g/mol. The molecule has 0 saturated carbocycles. The fourth-order valence-corrected chi connectivity index (χ4v) is 2.38. The van der Waals surface area contributed by atoms with Crippen LogP contribution in [0, 0.1) is 0 Å². The average molecular weight is 328 g/mol. The lowest BCUT2D eigenvalue weighted by molar-refractivity contribution is 0.0592. The molecule has 0 aliphatic rings. The Hall–Kier alpha value is -3.02. The Bertz CT molecular complexity index is 706. The summed E-state index contributed by atoms with van der Waals surface area (Å²) in [5.41, 5.74) is 14.9. The quantitative estimate of drug-likeness (QED) is 0.644. The van der Waals surface area contributed by atoms with Crippen LogP contribution in [0.1, 0.15) is 31.8 Å². The van der Waals surface area contributed by atoms with Crippen LogP contribution in [0.4, 0.5) is 11.4 Å². The lowest BCUT2D eigenvalue weighted by atomic mass is 10.00. The van der Waals surface area contributed by atoms with Crippen molar-refractivity contribution in [3.05, 3.63) is 58.7 Å². The SMILES string of the molecule is COC(=O)c1cc(CCc2ccc(N)c(C(=O)OC)c2)ccc1N. The first-order chi connectivity index (χ1) is 11.5. The summed E-state index contributed by atoms with van der Waals surface area (Å²) in [6.45, 7) is 0. The third-order valence-electron chi connectivity index (χ3n) is 3.75. The molecule has 2 aromatic carbocycles. The number of carbonyl (C=O) groups is 2. The van der Waals surface area contributed by atoms with Crippen LogP contribution in [0.3, 0.4) is 0 Å². The largest absolute Gasteiger partial charge is 0.465 e. The summed E-state index contributed by atoms with van der Waals surface area (Å²) in [6.07, 6.45) is 1.35. The zero-order chi connectivity index (χ0) is 17.7. The Morgan fingerprint density at radius 1 is 0.792 bits per heavy atom. The molecule has 24 heavy (non-hydrogen) atoms. The van der Waals surface area contributed by atoms with Crippen molar-refractivity contribution in [2.45, 2.75) is 12.8 Å². The number of aryl methyl sites for hydroxylation is 2. The summed E-state index contributed by atoms with van der Waals surface area (Å²) < 4.78 is 9.44. The summed E-state index contributed by atoms with van der Waals surface area (Å²) >= 11 is 0. The third kappa shape index (κ3) is 3.84. The van der Waals surface area contributed by atoms with Gasteiger partial charge in [0.05, 0.1) is 25.3 Å². The molecule has 6 nitrogen and oxygen atoms in total. The van der Waals surface area contributed by atoms with Gasteiger partial charge in [0.25, 0.3) is 0 Å². The van der Waals surface area contributed by atoms with E-state index in [1.807, 2.05) is 12.1 Å². The highest BCUT2D eigenvalue weighted by Crippen LogP contribution is 2.19. The zero-order valence-electron chi connectivity index (χ0n) is 13.7. The number of carbonyl (C=O) groups excluding carboxylic acids is 2. The predicted molar refractivity (Wildman–Crippen MR) is 91.8 cm³/mol. The van der Waals surface area contributed by atoms with Gasteiger partial charge in [-0.25, -0.2) is 9.59 Å². The molecule has 0 radical (unpaired) electrons. The first-order valence-electron chi connectivity index (χ1n) is 7.39. The number of methoxy groups -OCH3 is 2. The Morgan fingerprint density at radius 3 is 1.50 bits per heavy atom. The highest BCUT2D eigenvalue weighted by Gasteiger charge is 2.12. The topological polar surface area (TPSA) is 105 Å². The summed E-state index contributed by atoms with van der Waals surface area (Å²) in [4.78, 5) is 23.4. The van der Waals surface area contributed by atoms with Gasteiger partial charge in [0.1, 0.15) is 0 Å². The van der Waals surface area contributed by atoms with Gasteiger partial charge in [0.15, 0.2) is 0 Å². The molecule has 0 unspecified atom stereocenters. The Kier molecular flexibility index (Phi) is 5.42. The fourth-order valence-electron chi connectivity index (χ4n) is 2.38. The molecule has 0 bridgehead atoms. The van der Waals surface area contributed by atoms with Crippen molar-refractivity contribution < 1.29 is 19.1 Å². The Labute approximate surface area is 140 Å². The second-order valence-corrected chi connectivity index (χ2v) is 5.33. The van der Waals surface area contributed by atoms with E-state index >= 15 is 0 Å². The van der Waals surface area contributed by atoms with E-state index in [-0.39, 0.29) is 0 Å². The third-order valence-corrected chi connectivity index (χ3v) is 3.75. The van der Waals surface area contributed by atoms with E-state index in [9.17, 15) is 9.59 Å². The summed E-state index contributed by atoms with van der Waals surface area (Å²) in [5, 5.41) is 0. The van der Waals surface area contributed by atoms with Crippen molar-refractivity contribution in [1.29, 1.82) is 0 Å². The van der Waals surface area contributed by atoms with Crippen LogP contribution in [-0.2, 0) is 22.3 Å². The number of esters is 2. The van der Waals surface area contributed by atoms with E-state index in [1.165, 1.54) is 14.2 Å². The van der Waals surface area contributed by atoms with Crippen molar-refractivity contribution in [3.63, 3.8) is 0 Å². The van der Waals surface area contributed by atoms with Crippen LogP contribution >= 0.6 is 0 Å². The number of nitrogens with two attached hydrogens (primary N) is 2. The monoisotopic (exact) mass is 328 g/mol. The molecule has 126 valence electrons. The van der Waals surface area contributed by atoms with Crippen molar-refractivity contribution in [3.8, 4) is 0 Å². The van der Waals surface area contributed by atoms with Gasteiger partial charge in [0, 0.05) is 11.4 Å². The minimum atomic E-state index is -0.463. The molecule has 0 heterocycles. The van der Waals surface area contributed by atoms with Gasteiger partial charge in [-0.05, 0) is 48.2 Å². The van der Waals surface area contributed by atoms with E-state index < -0.39 is 11.9 Å². The number of hydrogen-bond donors (Lipinski definition) is 2. The highest BCUT2D eigenvalue weighted by molar-refractivity contribution is 5.95. The number of hydrogen-bond acceptors (Lipinski definition) is 6. The van der Waals surface area contributed by atoms with Crippen molar-refractivity contribution >= 4 is 23.3 Å². The van der Waals surface area contributed by atoms with Gasteiger partial charge in [-0.15, -0.1) is 0 Å². The molecule has 0 fully saturated rings. The number of ether oxygens (including phenoxy) is 2. The number of benzene rings is 2. The molecule has 0 atom stereocenters. The van der Waals surface area contributed by atoms with Crippen molar-refractivity contribution in [2.75, 3.05) is 25.7 Å². The average Bonchev–Trinajstić information content (AvgIpc) is 2.60. The van der Waals surface area contributed by atoms with E-state index in [2.05, 4.69) is 0 Å². The summed E-state index contributed by atoms with van der Waals surface area (Å²) in [5.74, 6) is -0.926. The van der Waals surface area contributed by atoms with Gasteiger partial charge in [-0.2, -0.15) is 0 Å². The standard InChI is InChI=1S/C18H20N2O4/c1-23-17(21)13-9-11(5-7-15(13)19)3-4-12-6-8-16(20)14(10-12)18(22)24-2/h5-10H,3-4,19-20H2,1-2H3. The van der Waals surface area contributed by atoms with E-state index in [0.29, 0.717) is 35.3 Å². The Morgan fingerprint density at radius 2 is 1.17 bits per heavy atom. The normalized spacial score (nSPS) is 10.2. The molecule has 0 aliphatic heterocycles. The van der Waals surface area contributed by atoms with Gasteiger partial charge < -0.3 is 20.9 Å². The second kappa shape index (κ2) is 7.50. The first kappa shape index (κ1) is 17.3. The van der Waals surface area contributed by atoms with Crippen LogP contribution in [0.25, 0.3) is 0 Å². The molecule has 2 rings (SSSR count). The van der Waals surface area contributed by atoms with Gasteiger partial charge in [-0.1, -0.05) is 12.1 Å². The number of rotatable bonds is 5. The fraction of sp³-hybridized carbons (Fsp3) is 0.222. The summed E-state index contributed by atoms with van der Waals surface area (Å²) in [6, 6.07) is 10.5. The lowest BCUT2D eigenvalue weighted by Gasteiger charge is -2.09. The molecular formula is C18H20N2O4. The lowest BCUT2D eigenvalue weighted by Crippen LogP contribution is -2.07. The second-order valence-electron chi connectivity index (χ2n) is 5.33. The van der Waals surface area contributed by atoms with Crippen LogP contribution in [0.2, 0.25) is 0 Å². The van der Waals surface area contributed by atoms with Gasteiger partial charge >= 0.3 is 11.9 Å². The van der Waals surface area contributed by atoms with Crippen molar-refractivity contribution in [2.24, 2.45) is 0 Å². The molecule has 0 amide bonds. The molecule has 6 heteroatoms. The first-order valence-corrected chi connectivity index (χ1v) is 7.39. The van der Waals surface area contributed by atoms with E-state index in [4.69, 9.17) is 20.9 Å². The maximum absolute atomic E-state index is 11.7. The molecule has 2 aromatic rings. The van der Waals surface area contributed by atoms with Crippen molar-refractivity contribution in [1.82, 2.24) is 0 Å². The van der Waals surface area contributed by atoms with Gasteiger partial charge in [0.2, 0.25) is 0 Å². The molecule has 0 saturated heterocycles. The summed E-state index contributed by atoms with van der Waals surface area (Å²) in [7, 11) is 2.63. The number of anilines is 2. The molecule has 4 N–H and O–H groups in total. The highest BCUT2D eigenvalue weighted by atomic mass is 16.5. The molecule has 0 spiro atoms. The molecule has 0 aliphatic carbocycles. The smallest absolute Gasteiger partial charge is 0.339 e. The minimum Gasteiger partial charge on any atom is -0.465 e. The number of nitrogen functional groups attached to an aromatic ring is 2. The van der Waals surface area contributed by atoms with Crippen LogP contribution < -0.4 is 11.5 Å². The van der Waals surface area contributed by atoms with Crippen LogP contribution in [0.5, 0.6) is 0 Å². The van der Waals surface area contributed by atoms with Gasteiger partial charge in [-0.3, -0.25) is 0 Å². The Balaban J connectivity index is 2.17. The molecule has 0 aromatic heterocycles. The van der Waals surface area contributed by atoms with Crippen LogP contribution in [-0.4, -0.2) is 26.2 Å². The van der Waals surface area contributed by atoms with E-state index in [0.717, 1.165) is 11.1 Å². The zero-order valence-corrected chi connectivity index (χ0v) is 13.7. The predicted octanol–water partition coefficient (Wildman–Crippen LogP) is 2.21. The van der Waals surface area contributed by atoms with E-state index in [1.54, 1.807) is 24.3 Å².